The first-order chi connectivity index (χ1) is 6.79. The summed E-state index contributed by atoms with van der Waals surface area (Å²) in [5, 5.41) is 0. The van der Waals surface area contributed by atoms with E-state index in [1.54, 1.807) is 17.8 Å². The molecule has 0 aliphatic rings. The van der Waals surface area contributed by atoms with E-state index in [4.69, 9.17) is 10.2 Å². The molecule has 0 spiro atoms. The van der Waals surface area contributed by atoms with Crippen molar-refractivity contribution in [1.29, 1.82) is 0 Å². The Kier molecular flexibility index (Phi) is 4.55. The third kappa shape index (κ3) is 2.78. The van der Waals surface area contributed by atoms with E-state index in [-0.39, 0.29) is 5.97 Å². The zero-order chi connectivity index (χ0) is 10.4. The van der Waals surface area contributed by atoms with Gasteiger partial charge in [-0.1, -0.05) is 0 Å². The highest BCUT2D eigenvalue weighted by Crippen LogP contribution is 2.18. The van der Waals surface area contributed by atoms with Gasteiger partial charge in [0.2, 0.25) is 0 Å². The number of hydrogen-bond donors (Lipinski definition) is 1. The van der Waals surface area contributed by atoms with Gasteiger partial charge in [-0.3, -0.25) is 0 Å². The summed E-state index contributed by atoms with van der Waals surface area (Å²) in [6, 6.07) is 1.62. The molecule has 0 aliphatic carbocycles. The molecule has 0 saturated heterocycles. The fourth-order valence-electron chi connectivity index (χ4n) is 0.992. The lowest BCUT2D eigenvalue weighted by atomic mass is 10.3. The molecule has 0 radical (unpaired) electrons. The summed E-state index contributed by atoms with van der Waals surface area (Å²) in [7, 11) is 1.35. The van der Waals surface area contributed by atoms with Crippen molar-refractivity contribution in [1.82, 2.24) is 0 Å². The number of hydrogen-bond acceptors (Lipinski definition) is 5. The van der Waals surface area contributed by atoms with Crippen molar-refractivity contribution in [2.24, 2.45) is 5.73 Å². The average molecular weight is 215 g/mol. The molecule has 1 aromatic heterocycles. The molecule has 0 amide bonds. The topological polar surface area (TPSA) is 65.5 Å². The number of nitrogens with two attached hydrogens (primary N) is 1. The van der Waals surface area contributed by atoms with Gasteiger partial charge in [-0.15, -0.1) is 0 Å². The smallest absolute Gasteiger partial charge is 0.341 e. The SMILES string of the molecule is COC(=O)c1ccoc1CSCCN. The predicted octanol–water partition coefficient (Wildman–Crippen LogP) is 1.26. The lowest BCUT2D eigenvalue weighted by molar-refractivity contribution is 0.0598. The number of thioether (sulfide) groups is 1. The zero-order valence-corrected chi connectivity index (χ0v) is 8.80. The first kappa shape index (κ1) is 11.1. The highest BCUT2D eigenvalue weighted by Gasteiger charge is 2.14. The van der Waals surface area contributed by atoms with Crippen LogP contribution in [0.25, 0.3) is 0 Å². The van der Waals surface area contributed by atoms with E-state index in [0.29, 0.717) is 23.6 Å². The number of carbonyl (C=O) groups is 1. The van der Waals surface area contributed by atoms with Gasteiger partial charge in [0, 0.05) is 12.3 Å². The van der Waals surface area contributed by atoms with E-state index in [9.17, 15) is 4.79 Å². The predicted molar refractivity (Wildman–Crippen MR) is 55.3 cm³/mol. The molecule has 2 N–H and O–H groups in total. The monoisotopic (exact) mass is 215 g/mol. The highest BCUT2D eigenvalue weighted by molar-refractivity contribution is 7.98. The molecule has 4 nitrogen and oxygen atoms in total. The van der Waals surface area contributed by atoms with Crippen LogP contribution >= 0.6 is 11.8 Å². The minimum Gasteiger partial charge on any atom is -0.468 e. The van der Waals surface area contributed by atoms with Gasteiger partial charge in [-0.05, 0) is 6.07 Å². The fourth-order valence-corrected chi connectivity index (χ4v) is 1.71. The molecule has 0 aliphatic heterocycles. The van der Waals surface area contributed by atoms with E-state index in [1.165, 1.54) is 13.4 Å². The molecule has 0 fully saturated rings. The summed E-state index contributed by atoms with van der Waals surface area (Å²) in [5.41, 5.74) is 5.85. The van der Waals surface area contributed by atoms with Gasteiger partial charge in [-0.25, -0.2) is 4.79 Å². The molecule has 0 bridgehead atoms. The minimum atomic E-state index is -0.359. The Morgan fingerprint density at radius 1 is 1.71 bits per heavy atom. The molecule has 1 rings (SSSR count). The Labute approximate surface area is 86.8 Å². The van der Waals surface area contributed by atoms with Crippen LogP contribution in [0.3, 0.4) is 0 Å². The van der Waals surface area contributed by atoms with Crippen LogP contribution in [0.5, 0.6) is 0 Å². The molecule has 1 aromatic rings. The fraction of sp³-hybridized carbons (Fsp3) is 0.444. The Morgan fingerprint density at radius 2 is 2.50 bits per heavy atom. The van der Waals surface area contributed by atoms with Gasteiger partial charge in [0.05, 0.1) is 19.1 Å². The Hall–Kier alpha value is -0.940. The molecule has 0 atom stereocenters. The van der Waals surface area contributed by atoms with Crippen LogP contribution in [0.4, 0.5) is 0 Å². The molecule has 1 heterocycles. The van der Waals surface area contributed by atoms with Gasteiger partial charge >= 0.3 is 5.97 Å². The summed E-state index contributed by atoms with van der Waals surface area (Å²) in [5.74, 6) is 1.79. The number of rotatable bonds is 5. The third-order valence-corrected chi connectivity index (χ3v) is 2.64. The number of esters is 1. The summed E-state index contributed by atoms with van der Waals surface area (Å²) >= 11 is 1.63. The Balaban J connectivity index is 2.58. The second kappa shape index (κ2) is 5.72. The maximum absolute atomic E-state index is 11.2. The quantitative estimate of drug-likeness (QED) is 0.591. The standard InChI is InChI=1S/C9H13NO3S/c1-12-9(11)7-2-4-13-8(7)6-14-5-3-10/h2,4H,3,5-6,10H2,1H3. The van der Waals surface area contributed by atoms with Gasteiger partial charge in [-0.2, -0.15) is 11.8 Å². The largest absolute Gasteiger partial charge is 0.468 e. The lowest BCUT2D eigenvalue weighted by Gasteiger charge is -2.00. The third-order valence-electron chi connectivity index (χ3n) is 1.65. The van der Waals surface area contributed by atoms with Crippen LogP contribution in [0.15, 0.2) is 16.7 Å². The molecule has 14 heavy (non-hydrogen) atoms. The first-order valence-corrected chi connectivity index (χ1v) is 5.37. The van der Waals surface area contributed by atoms with Crippen LogP contribution in [-0.2, 0) is 10.5 Å². The number of methoxy groups -OCH3 is 1. The number of ether oxygens (including phenoxy) is 1. The van der Waals surface area contributed by atoms with Crippen LogP contribution in [0, 0.1) is 0 Å². The second-order valence-electron chi connectivity index (χ2n) is 2.59. The van der Waals surface area contributed by atoms with Gasteiger partial charge in [0.25, 0.3) is 0 Å². The maximum atomic E-state index is 11.2. The van der Waals surface area contributed by atoms with E-state index in [0.717, 1.165) is 5.75 Å². The van der Waals surface area contributed by atoms with Crippen molar-refractivity contribution in [2.45, 2.75) is 5.75 Å². The highest BCUT2D eigenvalue weighted by atomic mass is 32.2. The number of carbonyl (C=O) groups excluding carboxylic acids is 1. The van der Waals surface area contributed by atoms with Gasteiger partial charge in [0.15, 0.2) is 0 Å². The van der Waals surface area contributed by atoms with Crippen LogP contribution < -0.4 is 5.73 Å². The molecular weight excluding hydrogens is 202 g/mol. The van der Waals surface area contributed by atoms with E-state index in [1.807, 2.05) is 0 Å². The van der Waals surface area contributed by atoms with Crippen molar-refractivity contribution >= 4 is 17.7 Å². The molecule has 5 heteroatoms. The van der Waals surface area contributed by atoms with Crippen molar-refractivity contribution in [2.75, 3.05) is 19.4 Å². The van der Waals surface area contributed by atoms with Crippen molar-refractivity contribution in [3.05, 3.63) is 23.7 Å². The number of furan rings is 1. The Morgan fingerprint density at radius 3 is 3.14 bits per heavy atom. The van der Waals surface area contributed by atoms with E-state index < -0.39 is 0 Å². The van der Waals surface area contributed by atoms with Crippen LogP contribution in [0.2, 0.25) is 0 Å². The van der Waals surface area contributed by atoms with Gasteiger partial charge < -0.3 is 14.9 Å². The van der Waals surface area contributed by atoms with Crippen LogP contribution in [-0.4, -0.2) is 25.4 Å². The van der Waals surface area contributed by atoms with E-state index >= 15 is 0 Å². The van der Waals surface area contributed by atoms with Crippen molar-refractivity contribution in [3.8, 4) is 0 Å². The minimum absolute atomic E-state index is 0.359. The Bertz CT molecular complexity index is 298. The van der Waals surface area contributed by atoms with Gasteiger partial charge in [0.1, 0.15) is 11.3 Å². The summed E-state index contributed by atoms with van der Waals surface area (Å²) < 4.78 is 9.78. The summed E-state index contributed by atoms with van der Waals surface area (Å²) in [6.07, 6.45) is 1.49. The molecule has 0 aromatic carbocycles. The molecule has 0 unspecified atom stereocenters. The van der Waals surface area contributed by atoms with E-state index in [2.05, 4.69) is 4.74 Å². The van der Waals surface area contributed by atoms with Crippen LogP contribution in [0.1, 0.15) is 16.1 Å². The lowest BCUT2D eigenvalue weighted by Crippen LogP contribution is -2.04. The maximum Gasteiger partial charge on any atom is 0.341 e. The molecular formula is C9H13NO3S. The summed E-state index contributed by atoms with van der Waals surface area (Å²) in [4.78, 5) is 11.2. The van der Waals surface area contributed by atoms with Crippen molar-refractivity contribution < 1.29 is 13.9 Å². The first-order valence-electron chi connectivity index (χ1n) is 4.22. The second-order valence-corrected chi connectivity index (χ2v) is 3.70. The summed E-state index contributed by atoms with van der Waals surface area (Å²) in [6.45, 7) is 0.624. The molecule has 78 valence electrons. The van der Waals surface area contributed by atoms with Crippen molar-refractivity contribution in [3.63, 3.8) is 0 Å². The normalized spacial score (nSPS) is 10.1. The zero-order valence-electron chi connectivity index (χ0n) is 7.99. The molecule has 0 saturated carbocycles. The average Bonchev–Trinajstić information content (AvgIpc) is 2.65.